The molecule has 0 aromatic rings. The predicted octanol–water partition coefficient (Wildman–Crippen LogP) is 3.70. The van der Waals surface area contributed by atoms with Gasteiger partial charge in [-0.15, -0.1) is 0 Å². The highest BCUT2D eigenvalue weighted by Crippen LogP contribution is 2.12. The van der Waals surface area contributed by atoms with E-state index in [0.717, 1.165) is 12.8 Å². The van der Waals surface area contributed by atoms with E-state index in [1.807, 2.05) is 0 Å². The molecule has 0 aromatic carbocycles. The third kappa shape index (κ3) is 12.2. The average molecular weight is 232 g/mol. The zero-order chi connectivity index (χ0) is 11.4. The standard InChI is InChI=1S/C12H24O2S/c1-2-3-4-5-6-7-8-12(14)11-15-10-9-13/h12H,2-11H2,1H3. The Morgan fingerprint density at radius 1 is 1.07 bits per heavy atom. The van der Waals surface area contributed by atoms with Gasteiger partial charge in [0.05, 0.1) is 6.61 Å². The van der Waals surface area contributed by atoms with Gasteiger partial charge in [0.2, 0.25) is 0 Å². The molecule has 1 unspecified atom stereocenters. The maximum absolute atomic E-state index is 11.4. The Hall–Kier alpha value is 0.270. The highest BCUT2D eigenvalue weighted by atomic mass is 32.2. The first kappa shape index (κ1) is 15.3. The van der Waals surface area contributed by atoms with Crippen LogP contribution in [0.3, 0.4) is 0 Å². The Morgan fingerprint density at radius 2 is 1.73 bits per heavy atom. The van der Waals surface area contributed by atoms with Gasteiger partial charge in [-0.05, 0) is 6.42 Å². The van der Waals surface area contributed by atoms with Gasteiger partial charge in [0.25, 0.3) is 0 Å². The number of rotatable bonds is 11. The molecule has 0 saturated heterocycles. The normalized spacial score (nSPS) is 13.0. The summed E-state index contributed by atoms with van der Waals surface area (Å²) in [6.07, 6.45) is 7.78. The van der Waals surface area contributed by atoms with E-state index in [4.69, 9.17) is 0 Å². The summed E-state index contributed by atoms with van der Waals surface area (Å²) in [4.78, 5) is 0. The van der Waals surface area contributed by atoms with Gasteiger partial charge >= 0.3 is 0 Å². The van der Waals surface area contributed by atoms with Crippen LogP contribution in [-0.2, 0) is 10.2 Å². The second kappa shape index (κ2) is 12.3. The molecule has 2 nitrogen and oxygen atoms in total. The zero-order valence-electron chi connectivity index (χ0n) is 9.87. The summed E-state index contributed by atoms with van der Waals surface area (Å²) >= 11 is 1.51. The molecule has 0 saturated carbocycles. The number of hydrogen-bond donors (Lipinski definition) is 0. The van der Waals surface area contributed by atoms with E-state index in [1.165, 1.54) is 43.9 Å². The molecule has 0 bridgehead atoms. The number of unbranched alkanes of at least 4 members (excludes halogenated alkanes) is 5. The van der Waals surface area contributed by atoms with Crippen LogP contribution in [0.2, 0.25) is 0 Å². The summed E-state index contributed by atoms with van der Waals surface area (Å²) in [7, 11) is 0. The van der Waals surface area contributed by atoms with Gasteiger partial charge in [0.15, 0.2) is 0 Å². The van der Waals surface area contributed by atoms with E-state index < -0.39 is 6.10 Å². The van der Waals surface area contributed by atoms with Crippen LogP contribution in [-0.4, -0.2) is 24.2 Å². The minimum absolute atomic E-state index is 0.0611. The van der Waals surface area contributed by atoms with E-state index in [0.29, 0.717) is 11.5 Å². The van der Waals surface area contributed by atoms with Crippen LogP contribution in [0.4, 0.5) is 0 Å². The molecule has 0 aromatic heterocycles. The predicted molar refractivity (Wildman–Crippen MR) is 65.3 cm³/mol. The number of hydrogen-bond acceptors (Lipinski definition) is 1. The van der Waals surface area contributed by atoms with Crippen LogP contribution in [0.25, 0.3) is 0 Å². The monoisotopic (exact) mass is 232 g/mol. The highest BCUT2D eigenvalue weighted by Gasteiger charge is 2.05. The lowest BCUT2D eigenvalue weighted by atomic mass is 10.1. The minimum atomic E-state index is -0.451. The van der Waals surface area contributed by atoms with E-state index in [-0.39, 0.29) is 6.61 Å². The van der Waals surface area contributed by atoms with E-state index in [2.05, 4.69) is 6.92 Å². The molecule has 0 aliphatic heterocycles. The minimum Gasteiger partial charge on any atom is -0.236 e. The van der Waals surface area contributed by atoms with Crippen molar-refractivity contribution in [1.29, 1.82) is 0 Å². The Morgan fingerprint density at radius 3 is 2.40 bits per heavy atom. The van der Waals surface area contributed by atoms with Crippen LogP contribution in [0.5, 0.6) is 0 Å². The second-order valence-electron chi connectivity index (χ2n) is 3.96. The van der Waals surface area contributed by atoms with Gasteiger partial charge in [0, 0.05) is 11.5 Å². The summed E-state index contributed by atoms with van der Waals surface area (Å²) in [5.74, 6) is 1.21. The lowest BCUT2D eigenvalue weighted by Gasteiger charge is -2.06. The van der Waals surface area contributed by atoms with Crippen molar-refractivity contribution in [2.45, 2.75) is 58.0 Å². The molecule has 0 N–H and O–H groups in total. The number of thioether (sulfide) groups is 1. The molecule has 0 rings (SSSR count). The van der Waals surface area contributed by atoms with Crippen LogP contribution >= 0.6 is 11.8 Å². The fourth-order valence-corrected chi connectivity index (χ4v) is 2.22. The average Bonchev–Trinajstić information content (AvgIpc) is 2.23. The highest BCUT2D eigenvalue weighted by molar-refractivity contribution is 7.99. The smallest absolute Gasteiger partial charge is 0.102 e. The molecule has 15 heavy (non-hydrogen) atoms. The SMILES string of the molecule is CCCCCCCCC([O])CSCC[O]. The van der Waals surface area contributed by atoms with Crippen LogP contribution in [0.15, 0.2) is 0 Å². The molecule has 0 heterocycles. The largest absolute Gasteiger partial charge is 0.236 e. The van der Waals surface area contributed by atoms with E-state index >= 15 is 0 Å². The first-order chi connectivity index (χ1) is 7.31. The van der Waals surface area contributed by atoms with Gasteiger partial charge < -0.3 is 0 Å². The molecule has 3 heteroatoms. The van der Waals surface area contributed by atoms with Crippen molar-refractivity contribution >= 4 is 11.8 Å². The molecular formula is C12H24O2S. The summed E-state index contributed by atoms with van der Waals surface area (Å²) in [5, 5.41) is 21.5. The molecule has 0 amide bonds. The summed E-state index contributed by atoms with van der Waals surface area (Å²) < 4.78 is 0. The van der Waals surface area contributed by atoms with Crippen molar-refractivity contribution in [1.82, 2.24) is 0 Å². The summed E-state index contributed by atoms with van der Waals surface area (Å²) in [6, 6.07) is 0. The lowest BCUT2D eigenvalue weighted by molar-refractivity contribution is 0.0989. The summed E-state index contributed by atoms with van der Waals surface area (Å²) in [6.45, 7) is 2.15. The van der Waals surface area contributed by atoms with Crippen molar-refractivity contribution in [3.05, 3.63) is 0 Å². The zero-order valence-corrected chi connectivity index (χ0v) is 10.7. The van der Waals surface area contributed by atoms with Gasteiger partial charge in [-0.25, -0.2) is 10.2 Å². The van der Waals surface area contributed by atoms with Crippen molar-refractivity contribution in [2.24, 2.45) is 0 Å². The van der Waals surface area contributed by atoms with E-state index in [9.17, 15) is 10.2 Å². The molecule has 90 valence electrons. The molecule has 0 fully saturated rings. The molecular weight excluding hydrogens is 208 g/mol. The van der Waals surface area contributed by atoms with Crippen molar-refractivity contribution in [3.63, 3.8) is 0 Å². The lowest BCUT2D eigenvalue weighted by Crippen LogP contribution is -2.08. The second-order valence-corrected chi connectivity index (χ2v) is 5.11. The van der Waals surface area contributed by atoms with Crippen molar-refractivity contribution in [2.75, 3.05) is 18.1 Å². The molecule has 1 atom stereocenters. The van der Waals surface area contributed by atoms with Gasteiger partial charge in [-0.2, -0.15) is 11.8 Å². The maximum atomic E-state index is 11.4. The third-order valence-corrected chi connectivity index (χ3v) is 3.47. The molecule has 0 aliphatic rings. The first-order valence-electron chi connectivity index (χ1n) is 6.13. The van der Waals surface area contributed by atoms with Crippen molar-refractivity contribution in [3.8, 4) is 0 Å². The van der Waals surface area contributed by atoms with Crippen LogP contribution in [0, 0.1) is 0 Å². The van der Waals surface area contributed by atoms with Crippen LogP contribution < -0.4 is 0 Å². The van der Waals surface area contributed by atoms with Gasteiger partial charge in [-0.3, -0.25) is 0 Å². The Labute approximate surface area is 98.5 Å². The first-order valence-corrected chi connectivity index (χ1v) is 7.28. The third-order valence-electron chi connectivity index (χ3n) is 2.41. The van der Waals surface area contributed by atoms with Crippen molar-refractivity contribution < 1.29 is 10.2 Å². The molecule has 0 spiro atoms. The summed E-state index contributed by atoms with van der Waals surface area (Å²) in [5.41, 5.74) is 0. The van der Waals surface area contributed by atoms with Gasteiger partial charge in [0.1, 0.15) is 6.10 Å². The Balaban J connectivity index is 3.06. The molecule has 2 radical (unpaired) electrons. The van der Waals surface area contributed by atoms with E-state index in [1.54, 1.807) is 0 Å². The Bertz CT molecular complexity index is 120. The molecule has 0 aliphatic carbocycles. The Kier molecular flexibility index (Phi) is 12.6. The fourth-order valence-electron chi connectivity index (χ4n) is 1.51. The fraction of sp³-hybridized carbons (Fsp3) is 1.00. The van der Waals surface area contributed by atoms with Gasteiger partial charge in [-0.1, -0.05) is 45.4 Å². The van der Waals surface area contributed by atoms with Crippen LogP contribution in [0.1, 0.15) is 51.9 Å². The quantitative estimate of drug-likeness (QED) is 0.501. The maximum Gasteiger partial charge on any atom is 0.102 e. The topological polar surface area (TPSA) is 39.8 Å².